The third-order valence-corrected chi connectivity index (χ3v) is 2.94. The van der Waals surface area contributed by atoms with Gasteiger partial charge in [-0.3, -0.25) is 9.59 Å². The summed E-state index contributed by atoms with van der Waals surface area (Å²) in [5.41, 5.74) is 0.214. The molecule has 0 bridgehead atoms. The molecule has 1 aromatic heterocycles. The Hall–Kier alpha value is -2.96. The molecule has 114 valence electrons. The number of aromatic nitrogens is 2. The van der Waals surface area contributed by atoms with Crippen molar-refractivity contribution in [3.63, 3.8) is 0 Å². The lowest BCUT2D eigenvalue weighted by Crippen LogP contribution is -2.40. The van der Waals surface area contributed by atoms with Gasteiger partial charge in [-0.1, -0.05) is 18.2 Å². The number of ether oxygens (including phenoxy) is 1. The standard InChI is InChI=1S/C15H15N3O4/c1-10(15(21)22-2)16-14(20)12-8-9-13(19)18(17-12)11-6-4-3-5-7-11/h3-10H,1-2H3,(H,16,20)/t10-/m0/s1. The van der Waals surface area contributed by atoms with E-state index in [9.17, 15) is 14.4 Å². The van der Waals surface area contributed by atoms with Gasteiger partial charge < -0.3 is 10.1 Å². The highest BCUT2D eigenvalue weighted by atomic mass is 16.5. The fourth-order valence-electron chi connectivity index (χ4n) is 1.79. The number of rotatable bonds is 4. The van der Waals surface area contributed by atoms with Crippen LogP contribution in [0.3, 0.4) is 0 Å². The van der Waals surface area contributed by atoms with Crippen molar-refractivity contribution in [1.82, 2.24) is 15.1 Å². The molecule has 1 atom stereocenters. The number of carbonyl (C=O) groups excluding carboxylic acids is 2. The molecule has 1 aromatic carbocycles. The molecule has 1 amide bonds. The molecule has 0 aliphatic heterocycles. The summed E-state index contributed by atoms with van der Waals surface area (Å²) >= 11 is 0. The lowest BCUT2D eigenvalue weighted by atomic mass is 10.3. The Balaban J connectivity index is 2.28. The maximum Gasteiger partial charge on any atom is 0.328 e. The van der Waals surface area contributed by atoms with Crippen LogP contribution in [0.15, 0.2) is 47.3 Å². The second kappa shape index (κ2) is 6.66. The van der Waals surface area contributed by atoms with Gasteiger partial charge in [0, 0.05) is 6.07 Å². The van der Waals surface area contributed by atoms with Crippen LogP contribution in [-0.4, -0.2) is 34.8 Å². The van der Waals surface area contributed by atoms with Gasteiger partial charge in [0.25, 0.3) is 11.5 Å². The van der Waals surface area contributed by atoms with Crippen LogP contribution in [0.1, 0.15) is 17.4 Å². The van der Waals surface area contributed by atoms with Crippen LogP contribution in [0.25, 0.3) is 5.69 Å². The molecule has 2 rings (SSSR count). The summed E-state index contributed by atoms with van der Waals surface area (Å²) in [5.74, 6) is -1.13. The van der Waals surface area contributed by atoms with Crippen molar-refractivity contribution >= 4 is 11.9 Å². The summed E-state index contributed by atoms with van der Waals surface area (Å²) in [7, 11) is 1.23. The van der Waals surface area contributed by atoms with E-state index in [1.807, 2.05) is 6.07 Å². The van der Waals surface area contributed by atoms with E-state index in [-0.39, 0.29) is 11.3 Å². The number of esters is 1. The summed E-state index contributed by atoms with van der Waals surface area (Å²) < 4.78 is 5.65. The molecule has 22 heavy (non-hydrogen) atoms. The molecule has 2 aromatic rings. The first-order chi connectivity index (χ1) is 10.5. The minimum atomic E-state index is -0.809. The molecule has 0 aliphatic rings. The topological polar surface area (TPSA) is 90.3 Å². The van der Waals surface area contributed by atoms with Crippen molar-refractivity contribution in [3.8, 4) is 5.69 Å². The first-order valence-corrected chi connectivity index (χ1v) is 6.57. The fourth-order valence-corrected chi connectivity index (χ4v) is 1.79. The highest BCUT2D eigenvalue weighted by Gasteiger charge is 2.18. The third-order valence-electron chi connectivity index (χ3n) is 2.94. The molecule has 0 aliphatic carbocycles. The zero-order valence-corrected chi connectivity index (χ0v) is 12.1. The molecule has 0 fully saturated rings. The van der Waals surface area contributed by atoms with E-state index in [2.05, 4.69) is 15.2 Å². The zero-order valence-electron chi connectivity index (χ0n) is 12.1. The minimum Gasteiger partial charge on any atom is -0.467 e. The quantitative estimate of drug-likeness (QED) is 0.832. The number of methoxy groups -OCH3 is 1. The summed E-state index contributed by atoms with van der Waals surface area (Å²) in [6.45, 7) is 1.50. The molecular weight excluding hydrogens is 286 g/mol. The maximum atomic E-state index is 12.1. The molecule has 7 heteroatoms. The van der Waals surface area contributed by atoms with Crippen LogP contribution in [0, 0.1) is 0 Å². The molecular formula is C15H15N3O4. The predicted octanol–water partition coefficient (Wildman–Crippen LogP) is 0.524. The zero-order chi connectivity index (χ0) is 16.1. The number of nitrogens with zero attached hydrogens (tertiary/aromatic N) is 2. The van der Waals surface area contributed by atoms with Crippen molar-refractivity contribution in [2.24, 2.45) is 0 Å². The smallest absolute Gasteiger partial charge is 0.328 e. The number of nitrogens with one attached hydrogen (secondary N) is 1. The molecule has 0 unspecified atom stereocenters. The van der Waals surface area contributed by atoms with Crippen LogP contribution >= 0.6 is 0 Å². The van der Waals surface area contributed by atoms with Gasteiger partial charge in [0.1, 0.15) is 11.7 Å². The van der Waals surface area contributed by atoms with Gasteiger partial charge in [0.15, 0.2) is 0 Å². The first kappa shape index (κ1) is 15.4. The summed E-state index contributed by atoms with van der Waals surface area (Å²) in [6, 6.07) is 10.5. The monoisotopic (exact) mass is 301 g/mol. The van der Waals surface area contributed by atoms with Crippen molar-refractivity contribution in [3.05, 3.63) is 58.5 Å². The van der Waals surface area contributed by atoms with E-state index >= 15 is 0 Å². The van der Waals surface area contributed by atoms with E-state index < -0.39 is 17.9 Å². The van der Waals surface area contributed by atoms with Crippen LogP contribution in [0.4, 0.5) is 0 Å². The second-order valence-corrected chi connectivity index (χ2v) is 4.52. The number of amides is 1. The largest absolute Gasteiger partial charge is 0.467 e. The first-order valence-electron chi connectivity index (χ1n) is 6.57. The fraction of sp³-hybridized carbons (Fsp3) is 0.200. The number of para-hydroxylation sites is 1. The highest BCUT2D eigenvalue weighted by molar-refractivity contribution is 5.94. The van der Waals surface area contributed by atoms with Crippen LogP contribution in [0.2, 0.25) is 0 Å². The summed E-state index contributed by atoms with van der Waals surface area (Å²) in [6.07, 6.45) is 0. The summed E-state index contributed by atoms with van der Waals surface area (Å²) in [5, 5.41) is 6.47. The van der Waals surface area contributed by atoms with Crippen molar-refractivity contribution in [2.45, 2.75) is 13.0 Å². The average molecular weight is 301 g/mol. The lowest BCUT2D eigenvalue weighted by molar-refractivity contribution is -0.142. The van der Waals surface area contributed by atoms with Crippen molar-refractivity contribution in [2.75, 3.05) is 7.11 Å². The molecule has 0 saturated carbocycles. The van der Waals surface area contributed by atoms with Gasteiger partial charge in [0.2, 0.25) is 0 Å². The summed E-state index contributed by atoms with van der Waals surface area (Å²) in [4.78, 5) is 35.2. The van der Waals surface area contributed by atoms with Gasteiger partial charge in [0.05, 0.1) is 12.8 Å². The molecule has 1 heterocycles. The second-order valence-electron chi connectivity index (χ2n) is 4.52. The van der Waals surface area contributed by atoms with Crippen molar-refractivity contribution < 1.29 is 14.3 Å². The number of hydrogen-bond acceptors (Lipinski definition) is 5. The molecule has 1 N–H and O–H groups in total. The molecule has 7 nitrogen and oxygen atoms in total. The van der Waals surface area contributed by atoms with E-state index in [0.29, 0.717) is 5.69 Å². The number of benzene rings is 1. The van der Waals surface area contributed by atoms with Gasteiger partial charge >= 0.3 is 5.97 Å². The van der Waals surface area contributed by atoms with E-state index in [4.69, 9.17) is 0 Å². The Morgan fingerprint density at radius 1 is 1.18 bits per heavy atom. The molecule has 0 radical (unpaired) electrons. The van der Waals surface area contributed by atoms with Crippen LogP contribution in [0.5, 0.6) is 0 Å². The van der Waals surface area contributed by atoms with Gasteiger partial charge in [-0.25, -0.2) is 4.79 Å². The molecule has 0 spiro atoms. The Bertz CT molecular complexity index is 740. The normalized spacial score (nSPS) is 11.5. The van der Waals surface area contributed by atoms with E-state index in [1.165, 1.54) is 26.2 Å². The van der Waals surface area contributed by atoms with Crippen molar-refractivity contribution in [1.29, 1.82) is 0 Å². The van der Waals surface area contributed by atoms with Gasteiger partial charge in [-0.05, 0) is 25.1 Å². The Morgan fingerprint density at radius 3 is 2.50 bits per heavy atom. The van der Waals surface area contributed by atoms with Crippen LogP contribution < -0.4 is 10.9 Å². The van der Waals surface area contributed by atoms with E-state index in [1.54, 1.807) is 24.3 Å². The number of hydrogen-bond donors (Lipinski definition) is 1. The maximum absolute atomic E-state index is 12.1. The minimum absolute atomic E-state index is 0.0270. The Morgan fingerprint density at radius 2 is 1.86 bits per heavy atom. The highest BCUT2D eigenvalue weighted by Crippen LogP contribution is 2.03. The Labute approximate surface area is 126 Å². The van der Waals surface area contributed by atoms with Gasteiger partial charge in [-0.2, -0.15) is 9.78 Å². The molecule has 0 saturated heterocycles. The average Bonchev–Trinajstić information content (AvgIpc) is 2.55. The van der Waals surface area contributed by atoms with E-state index in [0.717, 1.165) is 4.68 Å². The third kappa shape index (κ3) is 3.38. The number of carbonyl (C=O) groups is 2. The lowest BCUT2D eigenvalue weighted by Gasteiger charge is -2.11. The van der Waals surface area contributed by atoms with Crippen LogP contribution in [-0.2, 0) is 9.53 Å². The predicted molar refractivity (Wildman–Crippen MR) is 78.8 cm³/mol. The Kier molecular flexibility index (Phi) is 4.67. The SMILES string of the molecule is COC(=O)[C@H](C)NC(=O)c1ccc(=O)n(-c2ccccc2)n1. The van der Waals surface area contributed by atoms with Gasteiger partial charge in [-0.15, -0.1) is 0 Å².